The smallest absolute Gasteiger partial charge is 0.187 e. The number of fused-ring (bicyclic) bond motifs is 6. The van der Waals surface area contributed by atoms with E-state index in [9.17, 15) is 15.8 Å². The van der Waals surface area contributed by atoms with Gasteiger partial charge in [-0.1, -0.05) is 103 Å². The van der Waals surface area contributed by atoms with E-state index >= 15 is 0 Å². The molecule has 2 heterocycles. The van der Waals surface area contributed by atoms with E-state index in [1.807, 2.05) is 91.0 Å². The van der Waals surface area contributed by atoms with Crippen molar-refractivity contribution < 1.29 is 0 Å². The minimum absolute atomic E-state index is 0.474. The van der Waals surface area contributed by atoms with Crippen molar-refractivity contribution >= 4 is 49.3 Å². The second-order valence-electron chi connectivity index (χ2n) is 14.2. The summed E-state index contributed by atoms with van der Waals surface area (Å²) in [5.41, 5.74) is 12.9. The van der Waals surface area contributed by atoms with E-state index in [1.54, 1.807) is 12.1 Å². The van der Waals surface area contributed by atoms with Crippen LogP contribution in [0.25, 0.3) is 93.2 Å². The van der Waals surface area contributed by atoms with Crippen LogP contribution < -0.4 is 0 Å². The number of nitrogens with zero attached hydrogens (tertiary/aromatic N) is 6. The van der Waals surface area contributed by atoms with E-state index in [1.165, 1.54) is 0 Å². The summed E-state index contributed by atoms with van der Waals surface area (Å²) in [6, 6.07) is 63.2. The predicted octanol–water partition coefficient (Wildman–Crippen LogP) is 13.0. The SMILES string of the molecule is [C-]#[N+]c1cccc(-c2ccc3c4ccccc4n(-c4cc(C#N)c(-n5c6ccccc6c6ccc(-c7cccc(C#N)c7)cc65)cc4-c4cccc(C#N)c4)c3c2)c1. The Kier molecular flexibility index (Phi) is 7.92. The van der Waals surface area contributed by atoms with E-state index in [0.717, 1.165) is 82.7 Å². The molecular formula is C52H28N6. The van der Waals surface area contributed by atoms with Crippen LogP contribution in [0.5, 0.6) is 0 Å². The van der Waals surface area contributed by atoms with Crippen molar-refractivity contribution in [3.8, 4) is 63.0 Å². The minimum Gasteiger partial charge on any atom is -0.309 e. The highest BCUT2D eigenvalue weighted by atomic mass is 15.0. The van der Waals surface area contributed by atoms with Gasteiger partial charge < -0.3 is 9.13 Å². The van der Waals surface area contributed by atoms with Gasteiger partial charge in [-0.25, -0.2) is 4.85 Å². The van der Waals surface area contributed by atoms with Gasteiger partial charge in [-0.05, 0) is 94.5 Å². The normalized spacial score (nSPS) is 11.0. The third-order valence-electron chi connectivity index (χ3n) is 11.0. The number of hydrogen-bond acceptors (Lipinski definition) is 3. The first-order valence-corrected chi connectivity index (χ1v) is 18.7. The Balaban J connectivity index is 1.30. The zero-order valence-corrected chi connectivity index (χ0v) is 30.8. The van der Waals surface area contributed by atoms with Crippen molar-refractivity contribution in [3.63, 3.8) is 0 Å². The van der Waals surface area contributed by atoms with Crippen LogP contribution in [0.4, 0.5) is 5.69 Å². The molecule has 10 aromatic rings. The third-order valence-corrected chi connectivity index (χ3v) is 11.0. The number of nitriles is 3. The van der Waals surface area contributed by atoms with Crippen molar-refractivity contribution in [1.82, 2.24) is 9.13 Å². The summed E-state index contributed by atoms with van der Waals surface area (Å²) in [7, 11) is 0. The maximum atomic E-state index is 11.1. The van der Waals surface area contributed by atoms with Crippen LogP contribution in [-0.4, -0.2) is 9.13 Å². The predicted molar refractivity (Wildman–Crippen MR) is 232 cm³/mol. The number of benzene rings is 8. The Morgan fingerprint density at radius 3 is 1.48 bits per heavy atom. The first kappa shape index (κ1) is 33.9. The summed E-state index contributed by atoms with van der Waals surface area (Å²) in [6.07, 6.45) is 0. The van der Waals surface area contributed by atoms with E-state index in [0.29, 0.717) is 28.1 Å². The molecule has 0 unspecified atom stereocenters. The molecule has 0 spiro atoms. The largest absolute Gasteiger partial charge is 0.309 e. The molecule has 0 amide bonds. The van der Waals surface area contributed by atoms with Crippen LogP contribution in [0.1, 0.15) is 16.7 Å². The highest BCUT2D eigenvalue weighted by molar-refractivity contribution is 6.12. The van der Waals surface area contributed by atoms with Gasteiger partial charge in [-0.3, -0.25) is 0 Å². The summed E-state index contributed by atoms with van der Waals surface area (Å²) in [6.45, 7) is 7.61. The molecule has 0 aliphatic carbocycles. The molecule has 0 aliphatic heterocycles. The van der Waals surface area contributed by atoms with Crippen molar-refractivity contribution in [2.45, 2.75) is 0 Å². The molecular weight excluding hydrogens is 709 g/mol. The van der Waals surface area contributed by atoms with Crippen molar-refractivity contribution in [1.29, 1.82) is 15.8 Å². The maximum absolute atomic E-state index is 11.1. The second-order valence-corrected chi connectivity index (χ2v) is 14.2. The lowest BCUT2D eigenvalue weighted by molar-refractivity contribution is 1.14. The van der Waals surface area contributed by atoms with Gasteiger partial charge in [0.1, 0.15) is 6.07 Å². The zero-order chi connectivity index (χ0) is 39.3. The van der Waals surface area contributed by atoms with Crippen LogP contribution in [0.3, 0.4) is 0 Å². The Morgan fingerprint density at radius 1 is 0.397 bits per heavy atom. The molecule has 6 nitrogen and oxygen atoms in total. The highest BCUT2D eigenvalue weighted by Crippen LogP contribution is 2.42. The number of hydrogen-bond donors (Lipinski definition) is 0. The van der Waals surface area contributed by atoms with E-state index in [4.69, 9.17) is 6.57 Å². The molecule has 58 heavy (non-hydrogen) atoms. The highest BCUT2D eigenvalue weighted by Gasteiger charge is 2.22. The Morgan fingerprint density at radius 2 is 0.897 bits per heavy atom. The van der Waals surface area contributed by atoms with Crippen molar-refractivity contribution in [2.75, 3.05) is 0 Å². The van der Waals surface area contributed by atoms with Gasteiger partial charge in [0.25, 0.3) is 0 Å². The van der Waals surface area contributed by atoms with Crippen LogP contribution in [0.2, 0.25) is 0 Å². The van der Waals surface area contributed by atoms with Gasteiger partial charge in [-0.2, -0.15) is 15.8 Å². The fourth-order valence-corrected chi connectivity index (χ4v) is 8.37. The number of rotatable bonds is 5. The van der Waals surface area contributed by atoms with Gasteiger partial charge in [0.2, 0.25) is 0 Å². The molecule has 0 radical (unpaired) electrons. The molecule has 0 fully saturated rings. The number of aromatic nitrogens is 2. The summed E-state index contributed by atoms with van der Waals surface area (Å²) in [5, 5.41) is 35.0. The number of para-hydroxylation sites is 2. The lowest BCUT2D eigenvalue weighted by Crippen LogP contribution is -2.04. The molecule has 266 valence electrons. The average Bonchev–Trinajstić information content (AvgIpc) is 3.80. The second kappa shape index (κ2) is 13.6. The van der Waals surface area contributed by atoms with E-state index < -0.39 is 0 Å². The molecule has 8 aromatic carbocycles. The zero-order valence-electron chi connectivity index (χ0n) is 30.8. The van der Waals surface area contributed by atoms with Crippen LogP contribution in [0.15, 0.2) is 170 Å². The first-order chi connectivity index (χ1) is 28.6. The molecule has 0 bridgehead atoms. The lowest BCUT2D eigenvalue weighted by Gasteiger charge is -2.19. The molecule has 2 aromatic heterocycles. The van der Waals surface area contributed by atoms with E-state index in [-0.39, 0.29) is 0 Å². The molecule has 10 rings (SSSR count). The first-order valence-electron chi connectivity index (χ1n) is 18.7. The van der Waals surface area contributed by atoms with Crippen LogP contribution in [0, 0.1) is 40.6 Å². The molecule has 0 aliphatic rings. The Hall–Kier alpha value is -8.68. The average molecular weight is 737 g/mol. The minimum atomic E-state index is 0.474. The summed E-state index contributed by atoms with van der Waals surface area (Å²) in [4.78, 5) is 3.67. The van der Waals surface area contributed by atoms with Gasteiger partial charge in [0.15, 0.2) is 5.69 Å². The molecule has 6 heteroatoms. The maximum Gasteiger partial charge on any atom is 0.187 e. The van der Waals surface area contributed by atoms with Gasteiger partial charge >= 0.3 is 0 Å². The molecule has 0 N–H and O–H groups in total. The molecule has 0 atom stereocenters. The summed E-state index contributed by atoms with van der Waals surface area (Å²) in [5.74, 6) is 0. The Bertz CT molecular complexity index is 3520. The monoisotopic (exact) mass is 736 g/mol. The van der Waals surface area contributed by atoms with Gasteiger partial charge in [-0.15, -0.1) is 0 Å². The van der Waals surface area contributed by atoms with Crippen LogP contribution in [-0.2, 0) is 0 Å². The summed E-state index contributed by atoms with van der Waals surface area (Å²) >= 11 is 0. The van der Waals surface area contributed by atoms with E-state index in [2.05, 4.69) is 98.9 Å². The summed E-state index contributed by atoms with van der Waals surface area (Å²) < 4.78 is 4.38. The third kappa shape index (κ3) is 5.38. The quantitative estimate of drug-likeness (QED) is 0.165. The fourth-order valence-electron chi connectivity index (χ4n) is 8.37. The lowest BCUT2D eigenvalue weighted by atomic mass is 9.97. The standard InChI is InChI=1S/C52H28N6/c1-56-41-14-8-12-36(25-41)38-20-22-45-43-16-3-5-18-48(43)58(51(45)27-38)52-28-40(32-55)49(29-46(52)39-13-7-10-34(24-39)31-54)57-47-17-4-2-15-42(47)44-21-19-37(26-50(44)57)35-11-6-9-33(23-35)30-53/h2-29H. The Labute approximate surface area is 334 Å². The van der Waals surface area contributed by atoms with Gasteiger partial charge in [0, 0.05) is 27.1 Å². The fraction of sp³-hybridized carbons (Fsp3) is 0. The van der Waals surface area contributed by atoms with Crippen molar-refractivity contribution in [2.24, 2.45) is 0 Å². The molecule has 0 saturated carbocycles. The molecule has 0 saturated heterocycles. The van der Waals surface area contributed by atoms with Crippen molar-refractivity contribution in [3.05, 3.63) is 198 Å². The topological polar surface area (TPSA) is 85.6 Å². The van der Waals surface area contributed by atoms with Crippen LogP contribution >= 0.6 is 0 Å². The van der Waals surface area contributed by atoms with Gasteiger partial charge in [0.05, 0.1) is 68.8 Å².